The van der Waals surface area contributed by atoms with Crippen molar-refractivity contribution in [1.29, 1.82) is 0 Å². The topological polar surface area (TPSA) is 50.7 Å². The Morgan fingerprint density at radius 2 is 1.96 bits per heavy atom. The van der Waals surface area contributed by atoms with Crippen LogP contribution in [0.25, 0.3) is 0 Å². The summed E-state index contributed by atoms with van der Waals surface area (Å²) in [5.74, 6) is 0.851. The second-order valence-electron chi connectivity index (χ2n) is 5.42. The number of rotatable bonds is 13. The Hall–Kier alpha value is -1.62. The molecule has 0 aliphatic carbocycles. The smallest absolute Gasteiger partial charge is 0.118 e. The summed E-state index contributed by atoms with van der Waals surface area (Å²) in [5, 5.41) is 13.3. The molecule has 2 atom stereocenters. The molecule has 0 aliphatic heterocycles. The Morgan fingerprint density at radius 1 is 1.22 bits per heavy atom. The number of ether oxygens (including phenoxy) is 2. The van der Waals surface area contributed by atoms with Crippen LogP contribution in [-0.4, -0.2) is 37.5 Å². The highest BCUT2D eigenvalue weighted by atomic mass is 16.5. The van der Waals surface area contributed by atoms with Crippen molar-refractivity contribution in [1.82, 2.24) is 5.32 Å². The molecule has 0 saturated carbocycles. The Labute approximate surface area is 139 Å². The summed E-state index contributed by atoms with van der Waals surface area (Å²) in [5.41, 5.74) is 1.13. The molecule has 1 aromatic carbocycles. The summed E-state index contributed by atoms with van der Waals surface area (Å²) in [7, 11) is 1.66. The van der Waals surface area contributed by atoms with Crippen LogP contribution in [0.15, 0.2) is 49.6 Å². The molecule has 0 unspecified atom stereocenters. The predicted octanol–water partition coefficient (Wildman–Crippen LogP) is 3.07. The molecule has 1 aromatic rings. The van der Waals surface area contributed by atoms with Gasteiger partial charge in [-0.05, 0) is 37.0 Å². The highest BCUT2D eigenvalue weighted by Gasteiger charge is 2.13. The summed E-state index contributed by atoms with van der Waals surface area (Å²) >= 11 is 0. The predicted molar refractivity (Wildman–Crippen MR) is 94.7 cm³/mol. The third kappa shape index (κ3) is 7.98. The van der Waals surface area contributed by atoms with Crippen molar-refractivity contribution in [3.05, 3.63) is 55.1 Å². The number of nitrogens with one attached hydrogen (secondary N) is 1. The minimum absolute atomic E-state index is 0.0896. The number of aliphatic hydroxyl groups is 1. The maximum Gasteiger partial charge on any atom is 0.118 e. The zero-order valence-electron chi connectivity index (χ0n) is 14.0. The number of aliphatic hydroxyl groups excluding tert-OH is 1. The second kappa shape index (κ2) is 11.9. The average molecular weight is 319 g/mol. The van der Waals surface area contributed by atoms with Gasteiger partial charge >= 0.3 is 0 Å². The second-order valence-corrected chi connectivity index (χ2v) is 5.42. The quantitative estimate of drug-likeness (QED) is 0.433. The van der Waals surface area contributed by atoms with Crippen LogP contribution in [0.5, 0.6) is 5.75 Å². The number of methoxy groups -OCH3 is 1. The van der Waals surface area contributed by atoms with E-state index in [1.165, 1.54) is 0 Å². The van der Waals surface area contributed by atoms with Crippen LogP contribution in [0.2, 0.25) is 0 Å². The van der Waals surface area contributed by atoms with Crippen molar-refractivity contribution in [2.24, 2.45) is 0 Å². The van der Waals surface area contributed by atoms with Gasteiger partial charge in [0.15, 0.2) is 0 Å². The third-order valence-electron chi connectivity index (χ3n) is 3.63. The van der Waals surface area contributed by atoms with Gasteiger partial charge in [0, 0.05) is 13.2 Å². The number of hydrogen-bond donors (Lipinski definition) is 2. The van der Waals surface area contributed by atoms with Crippen LogP contribution in [0.4, 0.5) is 0 Å². The minimum Gasteiger partial charge on any atom is -0.497 e. The number of unbranched alkanes of at least 4 members (excludes halogenated alkanes) is 1. The highest BCUT2D eigenvalue weighted by Crippen LogP contribution is 2.12. The van der Waals surface area contributed by atoms with Gasteiger partial charge in [-0.3, -0.25) is 0 Å². The molecule has 128 valence electrons. The zero-order chi connectivity index (χ0) is 16.9. The number of hydrogen-bond acceptors (Lipinski definition) is 4. The molecule has 4 heteroatoms. The van der Waals surface area contributed by atoms with E-state index in [1.807, 2.05) is 24.3 Å². The van der Waals surface area contributed by atoms with Crippen LogP contribution in [0.1, 0.15) is 24.8 Å². The lowest BCUT2D eigenvalue weighted by atomic mass is 10.0. The molecule has 0 bridgehead atoms. The van der Waals surface area contributed by atoms with E-state index in [2.05, 4.69) is 18.5 Å². The standard InChI is InChI=1S/C19H29NO3/c1-4-13-20-18(5-2)19(21)8-6-7-14-23-15-16-9-11-17(22-3)12-10-16/h4-5,9-12,18-21H,1-2,6-8,13-15H2,3H3/t18-,19-/m0/s1. The first-order chi connectivity index (χ1) is 11.2. The molecule has 1 rings (SSSR count). The van der Waals surface area contributed by atoms with Gasteiger partial charge in [0.25, 0.3) is 0 Å². The summed E-state index contributed by atoms with van der Waals surface area (Å²) in [6.07, 6.45) is 5.67. The minimum atomic E-state index is -0.422. The molecule has 23 heavy (non-hydrogen) atoms. The van der Waals surface area contributed by atoms with Gasteiger partial charge in [-0.1, -0.05) is 24.3 Å². The van der Waals surface area contributed by atoms with E-state index >= 15 is 0 Å². The molecule has 0 aromatic heterocycles. The van der Waals surface area contributed by atoms with Crippen LogP contribution in [-0.2, 0) is 11.3 Å². The van der Waals surface area contributed by atoms with Crippen molar-refractivity contribution in [3.63, 3.8) is 0 Å². The van der Waals surface area contributed by atoms with Crippen molar-refractivity contribution in [2.45, 2.75) is 38.0 Å². The average Bonchev–Trinajstić information content (AvgIpc) is 2.59. The zero-order valence-corrected chi connectivity index (χ0v) is 14.0. The molecule has 0 fully saturated rings. The SMILES string of the molecule is C=CCN[C@@H](C=C)[C@@H](O)CCCCOCc1ccc(OC)cc1. The third-order valence-corrected chi connectivity index (χ3v) is 3.63. The van der Waals surface area contributed by atoms with E-state index in [-0.39, 0.29) is 6.04 Å². The maximum atomic E-state index is 10.1. The summed E-state index contributed by atoms with van der Waals surface area (Å²) in [4.78, 5) is 0. The van der Waals surface area contributed by atoms with Crippen LogP contribution in [0, 0.1) is 0 Å². The Kier molecular flexibility index (Phi) is 10.0. The van der Waals surface area contributed by atoms with E-state index < -0.39 is 6.10 Å². The lowest BCUT2D eigenvalue weighted by Crippen LogP contribution is -2.38. The largest absolute Gasteiger partial charge is 0.497 e. The molecule has 0 amide bonds. The van der Waals surface area contributed by atoms with E-state index in [1.54, 1.807) is 19.3 Å². The van der Waals surface area contributed by atoms with Gasteiger partial charge in [0.1, 0.15) is 5.75 Å². The molecular weight excluding hydrogens is 290 g/mol. The van der Waals surface area contributed by atoms with Gasteiger partial charge < -0.3 is 19.9 Å². The van der Waals surface area contributed by atoms with Crippen molar-refractivity contribution in [2.75, 3.05) is 20.3 Å². The lowest BCUT2D eigenvalue weighted by molar-refractivity contribution is 0.104. The van der Waals surface area contributed by atoms with Crippen molar-refractivity contribution in [3.8, 4) is 5.75 Å². The summed E-state index contributed by atoms with van der Waals surface area (Å²) in [6, 6.07) is 7.78. The van der Waals surface area contributed by atoms with Gasteiger partial charge in [-0.15, -0.1) is 13.2 Å². The fourth-order valence-corrected chi connectivity index (χ4v) is 2.24. The summed E-state index contributed by atoms with van der Waals surface area (Å²) in [6.45, 7) is 9.36. The number of benzene rings is 1. The molecule has 0 aliphatic rings. The van der Waals surface area contributed by atoms with Crippen LogP contribution in [0.3, 0.4) is 0 Å². The van der Waals surface area contributed by atoms with Gasteiger partial charge in [0.2, 0.25) is 0 Å². The highest BCUT2D eigenvalue weighted by molar-refractivity contribution is 5.26. The van der Waals surface area contributed by atoms with E-state index in [4.69, 9.17) is 9.47 Å². The normalized spacial score (nSPS) is 13.3. The molecule has 0 radical (unpaired) electrons. The van der Waals surface area contributed by atoms with Crippen molar-refractivity contribution < 1.29 is 14.6 Å². The van der Waals surface area contributed by atoms with E-state index in [0.29, 0.717) is 19.8 Å². The summed E-state index contributed by atoms with van der Waals surface area (Å²) < 4.78 is 10.8. The molecule has 0 spiro atoms. The Morgan fingerprint density at radius 3 is 2.57 bits per heavy atom. The van der Waals surface area contributed by atoms with Crippen LogP contribution >= 0.6 is 0 Å². The molecule has 0 saturated heterocycles. The fourth-order valence-electron chi connectivity index (χ4n) is 2.24. The Bertz CT molecular complexity index is 444. The molecule has 4 nitrogen and oxygen atoms in total. The van der Waals surface area contributed by atoms with Gasteiger partial charge in [0.05, 0.1) is 25.9 Å². The van der Waals surface area contributed by atoms with E-state index in [9.17, 15) is 5.11 Å². The van der Waals surface area contributed by atoms with Crippen LogP contribution < -0.4 is 10.1 Å². The van der Waals surface area contributed by atoms with E-state index in [0.717, 1.165) is 30.6 Å². The van der Waals surface area contributed by atoms with Gasteiger partial charge in [-0.25, -0.2) is 0 Å². The molecule has 2 N–H and O–H groups in total. The Balaban J connectivity index is 2.11. The fraction of sp³-hybridized carbons (Fsp3) is 0.474. The molecule has 0 heterocycles. The first kappa shape index (κ1) is 19.4. The first-order valence-electron chi connectivity index (χ1n) is 8.06. The van der Waals surface area contributed by atoms with Crippen molar-refractivity contribution >= 4 is 0 Å². The lowest BCUT2D eigenvalue weighted by Gasteiger charge is -2.20. The monoisotopic (exact) mass is 319 g/mol. The van der Waals surface area contributed by atoms with Gasteiger partial charge in [-0.2, -0.15) is 0 Å². The maximum absolute atomic E-state index is 10.1. The first-order valence-corrected chi connectivity index (χ1v) is 8.06. The molecular formula is C19H29NO3.